The van der Waals surface area contributed by atoms with Crippen LogP contribution in [0, 0.1) is 11.7 Å². The monoisotopic (exact) mass is 409 g/mol. The molecule has 1 aliphatic rings. The number of carbonyl (C=O) groups is 1. The molecule has 0 aliphatic carbocycles. The lowest BCUT2D eigenvalue weighted by molar-refractivity contribution is -0.122. The summed E-state index contributed by atoms with van der Waals surface area (Å²) >= 11 is 12.0. The van der Waals surface area contributed by atoms with E-state index in [-0.39, 0.29) is 18.2 Å². The third kappa shape index (κ3) is 6.20. The van der Waals surface area contributed by atoms with E-state index in [0.29, 0.717) is 28.1 Å². The highest BCUT2D eigenvalue weighted by Gasteiger charge is 2.22. The summed E-state index contributed by atoms with van der Waals surface area (Å²) in [6, 6.07) is 11.4. The summed E-state index contributed by atoms with van der Waals surface area (Å²) in [5.41, 5.74) is 1.15. The zero-order chi connectivity index (χ0) is 19.2. The molecule has 2 aromatic carbocycles. The molecule has 0 N–H and O–H groups in total. The fraction of sp³-hybridized carbons (Fsp3) is 0.381. The summed E-state index contributed by atoms with van der Waals surface area (Å²) in [6.07, 6.45) is 2.51. The highest BCUT2D eigenvalue weighted by molar-refractivity contribution is 6.42. The normalized spacial score (nSPS) is 15.7. The molecule has 0 atom stereocenters. The SMILES string of the molecule is O=C(COc1ccc(F)cc1)CC1CCN(Cc2ccc(Cl)c(Cl)c2)CC1. The molecule has 1 fully saturated rings. The molecule has 3 nitrogen and oxygen atoms in total. The number of nitrogens with zero attached hydrogens (tertiary/aromatic N) is 1. The maximum atomic E-state index is 12.9. The molecule has 0 unspecified atom stereocenters. The molecule has 1 heterocycles. The van der Waals surface area contributed by atoms with Gasteiger partial charge in [-0.25, -0.2) is 4.39 Å². The summed E-state index contributed by atoms with van der Waals surface area (Å²) in [7, 11) is 0. The van der Waals surface area contributed by atoms with Crippen LogP contribution in [0.4, 0.5) is 4.39 Å². The van der Waals surface area contributed by atoms with Crippen molar-refractivity contribution in [2.45, 2.75) is 25.8 Å². The molecule has 6 heteroatoms. The number of hydrogen-bond acceptors (Lipinski definition) is 3. The summed E-state index contributed by atoms with van der Waals surface area (Å²) < 4.78 is 18.3. The molecule has 0 amide bonds. The number of rotatable bonds is 7. The van der Waals surface area contributed by atoms with E-state index in [2.05, 4.69) is 4.90 Å². The summed E-state index contributed by atoms with van der Waals surface area (Å²) in [5, 5.41) is 1.15. The summed E-state index contributed by atoms with van der Waals surface area (Å²) in [5.74, 6) is 0.670. The smallest absolute Gasteiger partial charge is 0.170 e. The number of Topliss-reactive ketones (excluding diaryl/α,β-unsaturated/α-hetero) is 1. The van der Waals surface area contributed by atoms with E-state index in [1.54, 1.807) is 0 Å². The fourth-order valence-electron chi connectivity index (χ4n) is 3.32. The van der Waals surface area contributed by atoms with Crippen molar-refractivity contribution in [3.63, 3.8) is 0 Å². The van der Waals surface area contributed by atoms with Gasteiger partial charge in [-0.3, -0.25) is 9.69 Å². The quantitative estimate of drug-likeness (QED) is 0.614. The van der Waals surface area contributed by atoms with Crippen molar-refractivity contribution in [3.8, 4) is 5.75 Å². The second-order valence-electron chi connectivity index (χ2n) is 6.95. The number of ketones is 1. The Hall–Kier alpha value is -1.62. The number of ether oxygens (including phenoxy) is 1. The number of hydrogen-bond donors (Lipinski definition) is 0. The first-order valence-corrected chi connectivity index (χ1v) is 9.81. The number of carbonyl (C=O) groups excluding carboxylic acids is 1. The van der Waals surface area contributed by atoms with Gasteiger partial charge in [0, 0.05) is 13.0 Å². The van der Waals surface area contributed by atoms with Crippen molar-refractivity contribution >= 4 is 29.0 Å². The third-order valence-electron chi connectivity index (χ3n) is 4.83. The number of halogens is 3. The maximum Gasteiger partial charge on any atom is 0.170 e. The van der Waals surface area contributed by atoms with Gasteiger partial charge >= 0.3 is 0 Å². The van der Waals surface area contributed by atoms with Crippen LogP contribution in [0.5, 0.6) is 5.75 Å². The van der Waals surface area contributed by atoms with E-state index in [4.69, 9.17) is 27.9 Å². The zero-order valence-corrected chi connectivity index (χ0v) is 16.5. The molecule has 2 aromatic rings. The lowest BCUT2D eigenvalue weighted by Gasteiger charge is -2.31. The number of likely N-dealkylation sites (tertiary alicyclic amines) is 1. The Morgan fingerprint density at radius 2 is 1.78 bits per heavy atom. The minimum Gasteiger partial charge on any atom is -0.486 e. The predicted molar refractivity (Wildman–Crippen MR) is 106 cm³/mol. The van der Waals surface area contributed by atoms with E-state index in [0.717, 1.165) is 38.0 Å². The average Bonchev–Trinajstić information content (AvgIpc) is 2.66. The summed E-state index contributed by atoms with van der Waals surface area (Å²) in [4.78, 5) is 14.5. The van der Waals surface area contributed by atoms with Crippen LogP contribution >= 0.6 is 23.2 Å². The minimum absolute atomic E-state index is 0.0368. The highest BCUT2D eigenvalue weighted by Crippen LogP contribution is 2.26. The van der Waals surface area contributed by atoms with Crippen molar-refractivity contribution in [2.24, 2.45) is 5.92 Å². The van der Waals surface area contributed by atoms with Crippen LogP contribution < -0.4 is 4.74 Å². The molecular formula is C21H22Cl2FNO2. The Balaban J connectivity index is 1.39. The van der Waals surface area contributed by atoms with Crippen molar-refractivity contribution in [1.29, 1.82) is 0 Å². The van der Waals surface area contributed by atoms with E-state index in [1.807, 2.05) is 18.2 Å². The second-order valence-corrected chi connectivity index (χ2v) is 7.77. The zero-order valence-electron chi connectivity index (χ0n) is 15.0. The molecule has 0 bridgehead atoms. The van der Waals surface area contributed by atoms with Crippen LogP contribution in [-0.2, 0) is 11.3 Å². The fourth-order valence-corrected chi connectivity index (χ4v) is 3.64. The first kappa shape index (κ1) is 20.1. The molecule has 0 saturated carbocycles. The first-order chi connectivity index (χ1) is 13.0. The van der Waals surface area contributed by atoms with Crippen molar-refractivity contribution < 1.29 is 13.9 Å². The Morgan fingerprint density at radius 1 is 1.07 bits per heavy atom. The van der Waals surface area contributed by atoms with E-state index in [1.165, 1.54) is 24.3 Å². The van der Waals surface area contributed by atoms with E-state index < -0.39 is 0 Å². The lowest BCUT2D eigenvalue weighted by atomic mass is 9.91. The molecule has 0 aromatic heterocycles. The van der Waals surface area contributed by atoms with Crippen molar-refractivity contribution in [1.82, 2.24) is 4.90 Å². The summed E-state index contributed by atoms with van der Waals surface area (Å²) in [6.45, 7) is 2.79. The van der Waals surface area contributed by atoms with Crippen LogP contribution in [0.25, 0.3) is 0 Å². The molecular weight excluding hydrogens is 388 g/mol. The second kappa shape index (κ2) is 9.54. The van der Waals surface area contributed by atoms with Crippen LogP contribution in [0.2, 0.25) is 10.0 Å². The molecule has 1 saturated heterocycles. The van der Waals surface area contributed by atoms with Crippen LogP contribution in [0.15, 0.2) is 42.5 Å². The molecule has 144 valence electrons. The van der Waals surface area contributed by atoms with Crippen LogP contribution in [0.1, 0.15) is 24.8 Å². The van der Waals surface area contributed by atoms with Crippen LogP contribution in [0.3, 0.4) is 0 Å². The van der Waals surface area contributed by atoms with Gasteiger partial charge in [0.2, 0.25) is 0 Å². The van der Waals surface area contributed by atoms with Gasteiger partial charge < -0.3 is 4.74 Å². The molecule has 27 heavy (non-hydrogen) atoms. The lowest BCUT2D eigenvalue weighted by Crippen LogP contribution is -2.34. The van der Waals surface area contributed by atoms with Gasteiger partial charge in [0.1, 0.15) is 18.2 Å². The van der Waals surface area contributed by atoms with E-state index in [9.17, 15) is 9.18 Å². The minimum atomic E-state index is -0.318. The Labute approximate surface area is 169 Å². The van der Waals surface area contributed by atoms with Gasteiger partial charge in [-0.05, 0) is 73.8 Å². The Bertz CT molecular complexity index is 774. The Kier molecular flexibility index (Phi) is 7.11. The highest BCUT2D eigenvalue weighted by atomic mass is 35.5. The number of benzene rings is 2. The van der Waals surface area contributed by atoms with Gasteiger partial charge in [0.25, 0.3) is 0 Å². The van der Waals surface area contributed by atoms with Gasteiger partial charge in [0.05, 0.1) is 10.0 Å². The Morgan fingerprint density at radius 3 is 2.44 bits per heavy atom. The van der Waals surface area contributed by atoms with Crippen molar-refractivity contribution in [3.05, 3.63) is 63.9 Å². The molecule has 0 spiro atoms. The largest absolute Gasteiger partial charge is 0.486 e. The molecule has 0 radical (unpaired) electrons. The maximum absolute atomic E-state index is 12.9. The van der Waals surface area contributed by atoms with E-state index >= 15 is 0 Å². The third-order valence-corrected chi connectivity index (χ3v) is 5.57. The van der Waals surface area contributed by atoms with Crippen molar-refractivity contribution in [2.75, 3.05) is 19.7 Å². The van der Waals surface area contributed by atoms with Gasteiger partial charge in [0.15, 0.2) is 5.78 Å². The number of piperidine rings is 1. The van der Waals surface area contributed by atoms with Gasteiger partial charge in [-0.1, -0.05) is 29.3 Å². The van der Waals surface area contributed by atoms with Gasteiger partial charge in [-0.15, -0.1) is 0 Å². The van der Waals surface area contributed by atoms with Crippen LogP contribution in [-0.4, -0.2) is 30.4 Å². The average molecular weight is 410 g/mol. The van der Waals surface area contributed by atoms with Gasteiger partial charge in [-0.2, -0.15) is 0 Å². The molecule has 3 rings (SSSR count). The molecule has 1 aliphatic heterocycles. The first-order valence-electron chi connectivity index (χ1n) is 9.06. The topological polar surface area (TPSA) is 29.5 Å². The predicted octanol–water partition coefficient (Wildman–Crippen LogP) is 5.38. The standard InChI is InChI=1S/C21H22Cl2FNO2/c22-20-6-1-16(12-21(20)23)13-25-9-7-15(8-10-25)11-18(26)14-27-19-4-2-17(24)3-5-19/h1-6,12,15H,7-11,13-14H2.